The van der Waals surface area contributed by atoms with Crippen molar-refractivity contribution in [2.45, 2.75) is 18.9 Å². The lowest BCUT2D eigenvalue weighted by atomic mass is 10.1. The van der Waals surface area contributed by atoms with Crippen LogP contribution in [0.25, 0.3) is 0 Å². The van der Waals surface area contributed by atoms with Crippen LogP contribution in [0.1, 0.15) is 18.4 Å². The SMILES string of the molecule is N#Cc1ccc(NC2CCCNC2=O)cc1N. The van der Waals surface area contributed by atoms with Gasteiger partial charge in [-0.25, -0.2) is 0 Å². The molecule has 1 amide bonds. The minimum absolute atomic E-state index is 0.0131. The van der Waals surface area contributed by atoms with Crippen LogP contribution >= 0.6 is 0 Å². The maximum Gasteiger partial charge on any atom is 0.242 e. The van der Waals surface area contributed by atoms with Crippen LogP contribution in [0.3, 0.4) is 0 Å². The maximum atomic E-state index is 11.5. The predicted octanol–water partition coefficient (Wildman–Crippen LogP) is 0.831. The third-order valence-corrected chi connectivity index (χ3v) is 2.80. The molecule has 2 rings (SSSR count). The second-order valence-electron chi connectivity index (χ2n) is 4.04. The Kier molecular flexibility index (Phi) is 3.15. The number of nitrogens with zero attached hydrogens (tertiary/aromatic N) is 1. The number of nitrogens with one attached hydrogen (secondary N) is 2. The molecular weight excluding hydrogens is 216 g/mol. The average molecular weight is 230 g/mol. The summed E-state index contributed by atoms with van der Waals surface area (Å²) in [6.45, 7) is 0.743. The quantitative estimate of drug-likeness (QED) is 0.656. The van der Waals surface area contributed by atoms with Gasteiger partial charge in [-0.2, -0.15) is 5.26 Å². The zero-order valence-corrected chi connectivity index (χ0v) is 9.36. The van der Waals surface area contributed by atoms with E-state index in [1.807, 2.05) is 6.07 Å². The van der Waals surface area contributed by atoms with E-state index in [-0.39, 0.29) is 11.9 Å². The first kappa shape index (κ1) is 11.3. The Bertz CT molecular complexity index is 478. The van der Waals surface area contributed by atoms with Gasteiger partial charge in [0.2, 0.25) is 5.91 Å². The molecular formula is C12H14N4O. The number of nitriles is 1. The summed E-state index contributed by atoms with van der Waals surface area (Å²) in [6, 6.07) is 6.88. The van der Waals surface area contributed by atoms with Gasteiger partial charge in [-0.3, -0.25) is 4.79 Å². The molecule has 88 valence electrons. The molecule has 0 aliphatic carbocycles. The van der Waals surface area contributed by atoms with Gasteiger partial charge in [0.25, 0.3) is 0 Å². The average Bonchev–Trinajstić information content (AvgIpc) is 2.32. The number of rotatable bonds is 2. The second kappa shape index (κ2) is 4.74. The molecule has 0 spiro atoms. The molecule has 17 heavy (non-hydrogen) atoms. The Labute approximate surface area is 99.6 Å². The molecule has 0 bridgehead atoms. The van der Waals surface area contributed by atoms with Gasteiger partial charge in [0.05, 0.1) is 11.3 Å². The lowest BCUT2D eigenvalue weighted by Crippen LogP contribution is -2.44. The molecule has 1 aromatic carbocycles. The van der Waals surface area contributed by atoms with Gasteiger partial charge in [0, 0.05) is 12.2 Å². The summed E-state index contributed by atoms with van der Waals surface area (Å²) in [4.78, 5) is 11.5. The van der Waals surface area contributed by atoms with Crippen molar-refractivity contribution in [2.24, 2.45) is 0 Å². The monoisotopic (exact) mass is 230 g/mol. The van der Waals surface area contributed by atoms with Gasteiger partial charge in [-0.05, 0) is 31.0 Å². The highest BCUT2D eigenvalue weighted by atomic mass is 16.2. The Morgan fingerprint density at radius 2 is 2.35 bits per heavy atom. The third kappa shape index (κ3) is 2.48. The fraction of sp³-hybridized carbons (Fsp3) is 0.333. The molecule has 1 atom stereocenters. The molecule has 1 fully saturated rings. The number of hydrogen-bond acceptors (Lipinski definition) is 4. The number of carbonyl (C=O) groups is 1. The van der Waals surface area contributed by atoms with Gasteiger partial charge < -0.3 is 16.4 Å². The van der Waals surface area contributed by atoms with E-state index in [1.165, 1.54) is 0 Å². The second-order valence-corrected chi connectivity index (χ2v) is 4.04. The molecule has 0 saturated carbocycles. The van der Waals surface area contributed by atoms with Crippen LogP contribution in [0.15, 0.2) is 18.2 Å². The molecule has 1 aromatic rings. The number of hydrogen-bond donors (Lipinski definition) is 3. The van der Waals surface area contributed by atoms with Crippen LogP contribution in [0.5, 0.6) is 0 Å². The summed E-state index contributed by atoms with van der Waals surface area (Å²) in [5, 5.41) is 14.7. The number of amides is 1. The first-order chi connectivity index (χ1) is 8.20. The highest BCUT2D eigenvalue weighted by molar-refractivity contribution is 5.85. The van der Waals surface area contributed by atoms with Crippen molar-refractivity contribution in [2.75, 3.05) is 17.6 Å². The van der Waals surface area contributed by atoms with E-state index in [0.717, 1.165) is 25.1 Å². The first-order valence-corrected chi connectivity index (χ1v) is 5.54. The summed E-state index contributed by atoms with van der Waals surface area (Å²) in [7, 11) is 0. The molecule has 4 N–H and O–H groups in total. The number of carbonyl (C=O) groups excluding carboxylic acids is 1. The van der Waals surface area contributed by atoms with Gasteiger partial charge in [0.1, 0.15) is 12.1 Å². The molecule has 5 heteroatoms. The maximum absolute atomic E-state index is 11.5. The molecule has 1 aliphatic heterocycles. The number of nitrogen functional groups attached to an aromatic ring is 1. The summed E-state index contributed by atoms with van der Waals surface area (Å²) < 4.78 is 0. The van der Waals surface area contributed by atoms with Crippen molar-refractivity contribution in [1.82, 2.24) is 5.32 Å². The minimum atomic E-state index is -0.212. The summed E-state index contributed by atoms with van der Waals surface area (Å²) in [5.74, 6) is 0.0131. The topological polar surface area (TPSA) is 90.9 Å². The normalized spacial score (nSPS) is 19.2. The van der Waals surface area contributed by atoms with E-state index in [4.69, 9.17) is 11.0 Å². The smallest absolute Gasteiger partial charge is 0.242 e. The lowest BCUT2D eigenvalue weighted by Gasteiger charge is -2.23. The zero-order valence-electron chi connectivity index (χ0n) is 9.36. The van der Waals surface area contributed by atoms with Gasteiger partial charge >= 0.3 is 0 Å². The van der Waals surface area contributed by atoms with Crippen molar-refractivity contribution in [3.63, 3.8) is 0 Å². The number of benzene rings is 1. The van der Waals surface area contributed by atoms with Gasteiger partial charge in [0.15, 0.2) is 0 Å². The molecule has 5 nitrogen and oxygen atoms in total. The zero-order chi connectivity index (χ0) is 12.3. The molecule has 1 aliphatic rings. The van der Waals surface area contributed by atoms with Crippen molar-refractivity contribution in [3.8, 4) is 6.07 Å². The highest BCUT2D eigenvalue weighted by Gasteiger charge is 2.21. The predicted molar refractivity (Wildman–Crippen MR) is 65.2 cm³/mol. The Morgan fingerprint density at radius 3 is 3.00 bits per heavy atom. The van der Waals surface area contributed by atoms with E-state index in [1.54, 1.807) is 18.2 Å². The molecule has 1 heterocycles. The number of piperidine rings is 1. The summed E-state index contributed by atoms with van der Waals surface area (Å²) in [5.41, 5.74) is 7.35. The summed E-state index contributed by atoms with van der Waals surface area (Å²) in [6.07, 6.45) is 1.78. The van der Waals surface area contributed by atoms with E-state index >= 15 is 0 Å². The van der Waals surface area contributed by atoms with E-state index < -0.39 is 0 Å². The first-order valence-electron chi connectivity index (χ1n) is 5.54. The standard InChI is InChI=1S/C12H14N4O/c13-7-8-3-4-9(6-10(8)14)16-11-2-1-5-15-12(11)17/h3-4,6,11,16H,1-2,5,14H2,(H,15,17). The van der Waals surface area contributed by atoms with Gasteiger partial charge in [-0.1, -0.05) is 0 Å². The van der Waals surface area contributed by atoms with Crippen LogP contribution in [-0.2, 0) is 4.79 Å². The Morgan fingerprint density at radius 1 is 1.53 bits per heavy atom. The van der Waals surface area contributed by atoms with Crippen LogP contribution in [0.4, 0.5) is 11.4 Å². The van der Waals surface area contributed by atoms with Crippen LogP contribution in [0, 0.1) is 11.3 Å². The Balaban J connectivity index is 2.11. The van der Waals surface area contributed by atoms with Crippen molar-refractivity contribution < 1.29 is 4.79 Å². The van der Waals surface area contributed by atoms with Crippen molar-refractivity contribution in [1.29, 1.82) is 5.26 Å². The molecule has 0 aromatic heterocycles. The fourth-order valence-electron chi connectivity index (χ4n) is 1.87. The van der Waals surface area contributed by atoms with E-state index in [9.17, 15) is 4.79 Å². The highest BCUT2D eigenvalue weighted by Crippen LogP contribution is 2.19. The summed E-state index contributed by atoms with van der Waals surface area (Å²) >= 11 is 0. The molecule has 1 saturated heterocycles. The fourth-order valence-corrected chi connectivity index (χ4v) is 1.87. The van der Waals surface area contributed by atoms with Crippen LogP contribution in [-0.4, -0.2) is 18.5 Å². The molecule has 1 unspecified atom stereocenters. The van der Waals surface area contributed by atoms with Crippen molar-refractivity contribution in [3.05, 3.63) is 23.8 Å². The van der Waals surface area contributed by atoms with Crippen LogP contribution < -0.4 is 16.4 Å². The number of anilines is 2. The molecule has 0 radical (unpaired) electrons. The van der Waals surface area contributed by atoms with Gasteiger partial charge in [-0.15, -0.1) is 0 Å². The minimum Gasteiger partial charge on any atom is -0.398 e. The van der Waals surface area contributed by atoms with E-state index in [2.05, 4.69) is 10.6 Å². The van der Waals surface area contributed by atoms with E-state index in [0.29, 0.717) is 11.3 Å². The number of nitrogens with two attached hydrogens (primary N) is 1. The lowest BCUT2D eigenvalue weighted by molar-refractivity contribution is -0.123. The van der Waals surface area contributed by atoms with Crippen molar-refractivity contribution >= 4 is 17.3 Å². The Hall–Kier alpha value is -2.22. The largest absolute Gasteiger partial charge is 0.398 e. The third-order valence-electron chi connectivity index (χ3n) is 2.80. The van der Waals surface area contributed by atoms with Crippen LogP contribution in [0.2, 0.25) is 0 Å².